The average molecular weight is 461 g/mol. The third-order valence-electron chi connectivity index (χ3n) is 5.90. The Kier molecular flexibility index (Phi) is 6.02. The van der Waals surface area contributed by atoms with Gasteiger partial charge in [0, 0.05) is 60.6 Å². The first-order chi connectivity index (χ1) is 15.0. The van der Waals surface area contributed by atoms with E-state index in [2.05, 4.69) is 57.8 Å². The molecule has 8 heteroatoms. The van der Waals surface area contributed by atoms with Gasteiger partial charge in [0.25, 0.3) is 0 Å². The third kappa shape index (κ3) is 4.96. The van der Waals surface area contributed by atoms with Crippen LogP contribution in [0.15, 0.2) is 59.6 Å². The SMILES string of the molecule is CN(C)c1ccc2nccc(CN3CN(c4ccc(SC(F)(F)F)cc4)CC3(C)C)c2c1. The molecule has 4 rings (SSSR count). The van der Waals surface area contributed by atoms with E-state index in [1.807, 2.05) is 20.3 Å². The van der Waals surface area contributed by atoms with Crippen LogP contribution in [0, 0.1) is 0 Å². The summed E-state index contributed by atoms with van der Waals surface area (Å²) in [5, 5.41) is 1.14. The maximum absolute atomic E-state index is 12.6. The smallest absolute Gasteiger partial charge is 0.378 e. The molecule has 1 aliphatic rings. The summed E-state index contributed by atoms with van der Waals surface area (Å²) in [5.41, 5.74) is -0.111. The Labute approximate surface area is 191 Å². The molecule has 0 spiro atoms. The zero-order valence-corrected chi connectivity index (χ0v) is 19.5. The van der Waals surface area contributed by atoms with Gasteiger partial charge >= 0.3 is 5.51 Å². The number of thioether (sulfide) groups is 1. The van der Waals surface area contributed by atoms with Crippen molar-refractivity contribution >= 4 is 34.0 Å². The molecule has 170 valence electrons. The molecule has 1 fully saturated rings. The first-order valence-electron chi connectivity index (χ1n) is 10.4. The lowest BCUT2D eigenvalue weighted by molar-refractivity contribution is -0.0328. The van der Waals surface area contributed by atoms with Crippen LogP contribution >= 0.6 is 11.8 Å². The Bertz CT molecular complexity index is 1100. The standard InChI is InChI=1S/C24H27F3N4S/c1-23(2)15-30(18-5-8-20(9-6-18)32-24(25,26)27)16-31(23)14-17-11-12-28-22-10-7-19(29(3)4)13-21(17)22/h5-13H,14-16H2,1-4H3. The minimum absolute atomic E-state index is 0.0800. The molecule has 1 saturated heterocycles. The van der Waals surface area contributed by atoms with Crippen molar-refractivity contribution in [3.05, 3.63) is 60.3 Å². The fourth-order valence-corrected chi connectivity index (χ4v) is 4.66. The summed E-state index contributed by atoms with van der Waals surface area (Å²) in [6, 6.07) is 15.0. The van der Waals surface area contributed by atoms with Crippen LogP contribution in [0.25, 0.3) is 10.9 Å². The van der Waals surface area contributed by atoms with Gasteiger partial charge in [0.2, 0.25) is 0 Å². The molecule has 0 amide bonds. The van der Waals surface area contributed by atoms with Crippen LogP contribution < -0.4 is 9.80 Å². The molecule has 0 unspecified atom stereocenters. The van der Waals surface area contributed by atoms with Gasteiger partial charge in [0.15, 0.2) is 0 Å². The molecular weight excluding hydrogens is 433 g/mol. The summed E-state index contributed by atoms with van der Waals surface area (Å²) in [4.78, 5) is 11.4. The van der Waals surface area contributed by atoms with E-state index in [0.29, 0.717) is 6.67 Å². The van der Waals surface area contributed by atoms with E-state index in [0.717, 1.165) is 35.4 Å². The molecule has 0 radical (unpaired) electrons. The number of alkyl halides is 3. The third-order valence-corrected chi connectivity index (χ3v) is 6.64. The van der Waals surface area contributed by atoms with Gasteiger partial charge < -0.3 is 9.80 Å². The number of hydrogen-bond donors (Lipinski definition) is 0. The molecule has 0 N–H and O–H groups in total. The summed E-state index contributed by atoms with van der Waals surface area (Å²) in [5.74, 6) is 0. The largest absolute Gasteiger partial charge is 0.446 e. The second-order valence-electron chi connectivity index (χ2n) is 8.96. The van der Waals surface area contributed by atoms with Crippen molar-refractivity contribution < 1.29 is 13.2 Å². The molecule has 32 heavy (non-hydrogen) atoms. The van der Waals surface area contributed by atoms with Crippen LogP contribution in [0.4, 0.5) is 24.5 Å². The number of anilines is 2. The monoisotopic (exact) mass is 460 g/mol. The maximum Gasteiger partial charge on any atom is 0.446 e. The molecule has 1 aromatic heterocycles. The predicted octanol–water partition coefficient (Wildman–Crippen LogP) is 5.97. The predicted molar refractivity (Wildman–Crippen MR) is 126 cm³/mol. The molecule has 4 nitrogen and oxygen atoms in total. The number of hydrogen-bond acceptors (Lipinski definition) is 5. The zero-order valence-electron chi connectivity index (χ0n) is 18.6. The summed E-state index contributed by atoms with van der Waals surface area (Å²) >= 11 is -0.0800. The van der Waals surface area contributed by atoms with E-state index in [-0.39, 0.29) is 22.2 Å². The van der Waals surface area contributed by atoms with E-state index < -0.39 is 5.51 Å². The van der Waals surface area contributed by atoms with Gasteiger partial charge in [-0.1, -0.05) is 0 Å². The maximum atomic E-state index is 12.6. The fraction of sp³-hybridized carbons (Fsp3) is 0.375. The van der Waals surface area contributed by atoms with Crippen LogP contribution in [0.2, 0.25) is 0 Å². The van der Waals surface area contributed by atoms with Crippen LogP contribution in [-0.2, 0) is 6.54 Å². The van der Waals surface area contributed by atoms with Crippen LogP contribution in [0.3, 0.4) is 0 Å². The van der Waals surface area contributed by atoms with E-state index in [9.17, 15) is 13.2 Å². The molecule has 0 bridgehead atoms. The number of fused-ring (bicyclic) bond motifs is 1. The summed E-state index contributed by atoms with van der Waals surface area (Å²) in [7, 11) is 4.05. The molecule has 1 aliphatic heterocycles. The van der Waals surface area contributed by atoms with Crippen molar-refractivity contribution in [1.82, 2.24) is 9.88 Å². The molecular formula is C24H27F3N4S. The van der Waals surface area contributed by atoms with E-state index in [4.69, 9.17) is 0 Å². The number of rotatable bonds is 5. The Balaban J connectivity index is 1.55. The van der Waals surface area contributed by atoms with Crippen molar-refractivity contribution in [2.45, 2.75) is 36.3 Å². The van der Waals surface area contributed by atoms with Gasteiger partial charge in [-0.05, 0) is 79.7 Å². The van der Waals surface area contributed by atoms with Gasteiger partial charge in [0.1, 0.15) is 0 Å². The quantitative estimate of drug-likeness (QED) is 0.436. The Morgan fingerprint density at radius 1 is 1.06 bits per heavy atom. The summed E-state index contributed by atoms with van der Waals surface area (Å²) < 4.78 is 37.9. The lowest BCUT2D eigenvalue weighted by Gasteiger charge is -2.30. The fourth-order valence-electron chi connectivity index (χ4n) is 4.12. The molecule has 0 atom stereocenters. The first kappa shape index (κ1) is 22.7. The number of pyridine rings is 1. The van der Waals surface area contributed by atoms with Crippen LogP contribution in [0.5, 0.6) is 0 Å². The zero-order chi connectivity index (χ0) is 23.1. The lowest BCUT2D eigenvalue weighted by atomic mass is 10.0. The van der Waals surface area contributed by atoms with Gasteiger partial charge in [-0.3, -0.25) is 9.88 Å². The van der Waals surface area contributed by atoms with Gasteiger partial charge in [-0.2, -0.15) is 13.2 Å². The average Bonchev–Trinajstić information content (AvgIpc) is 3.01. The van der Waals surface area contributed by atoms with Crippen molar-refractivity contribution in [2.24, 2.45) is 0 Å². The Hall–Kier alpha value is -2.45. The molecule has 0 saturated carbocycles. The van der Waals surface area contributed by atoms with Crippen molar-refractivity contribution in [3.63, 3.8) is 0 Å². The molecule has 2 heterocycles. The highest BCUT2D eigenvalue weighted by atomic mass is 32.2. The van der Waals surface area contributed by atoms with E-state index in [1.54, 1.807) is 24.3 Å². The van der Waals surface area contributed by atoms with Crippen molar-refractivity contribution in [1.29, 1.82) is 0 Å². The first-order valence-corrected chi connectivity index (χ1v) is 11.2. The molecule has 3 aromatic rings. The Morgan fingerprint density at radius 2 is 1.78 bits per heavy atom. The Morgan fingerprint density at radius 3 is 2.44 bits per heavy atom. The normalized spacial score (nSPS) is 16.7. The highest BCUT2D eigenvalue weighted by Crippen LogP contribution is 2.38. The number of nitrogens with zero attached hydrogens (tertiary/aromatic N) is 4. The lowest BCUT2D eigenvalue weighted by Crippen LogP contribution is -2.39. The van der Waals surface area contributed by atoms with Crippen molar-refractivity contribution in [3.8, 4) is 0 Å². The highest BCUT2D eigenvalue weighted by Gasteiger charge is 2.37. The summed E-state index contributed by atoms with van der Waals surface area (Å²) in [6.45, 7) is 6.67. The molecule has 2 aromatic carbocycles. The van der Waals surface area contributed by atoms with Crippen molar-refractivity contribution in [2.75, 3.05) is 37.1 Å². The van der Waals surface area contributed by atoms with Crippen LogP contribution in [-0.4, -0.2) is 48.2 Å². The van der Waals surface area contributed by atoms with Gasteiger partial charge in [-0.25, -0.2) is 0 Å². The summed E-state index contributed by atoms with van der Waals surface area (Å²) in [6.07, 6.45) is 1.85. The second kappa shape index (κ2) is 8.48. The van der Waals surface area contributed by atoms with Gasteiger partial charge in [-0.15, -0.1) is 0 Å². The second-order valence-corrected chi connectivity index (χ2v) is 10.1. The number of aromatic nitrogens is 1. The number of halogens is 3. The highest BCUT2D eigenvalue weighted by molar-refractivity contribution is 8.00. The topological polar surface area (TPSA) is 22.6 Å². The number of benzene rings is 2. The van der Waals surface area contributed by atoms with E-state index in [1.165, 1.54) is 5.56 Å². The molecule has 0 aliphatic carbocycles. The van der Waals surface area contributed by atoms with E-state index >= 15 is 0 Å². The van der Waals surface area contributed by atoms with Crippen LogP contribution in [0.1, 0.15) is 19.4 Å². The van der Waals surface area contributed by atoms with Gasteiger partial charge in [0.05, 0.1) is 12.2 Å². The minimum Gasteiger partial charge on any atom is -0.378 e. The minimum atomic E-state index is -4.27.